The van der Waals surface area contributed by atoms with Gasteiger partial charge in [-0.1, -0.05) is 19.1 Å². The number of ether oxygens (including phenoxy) is 1. The lowest BCUT2D eigenvalue weighted by Gasteiger charge is -2.24. The van der Waals surface area contributed by atoms with Crippen molar-refractivity contribution in [3.63, 3.8) is 0 Å². The lowest BCUT2D eigenvalue weighted by Crippen LogP contribution is -2.34. The first kappa shape index (κ1) is 19.6. The smallest absolute Gasteiger partial charge is 0.341 e. The Bertz CT molecular complexity index is 782. The molecule has 0 unspecified atom stereocenters. The molecule has 1 aromatic rings. The number of nitrogens with one attached hydrogen (secondary N) is 1. The van der Waals surface area contributed by atoms with E-state index in [1.54, 1.807) is 13.0 Å². The molecule has 1 heterocycles. The molecule has 0 radical (unpaired) electrons. The number of fused-ring (bicyclic) bond motifs is 1. The van der Waals surface area contributed by atoms with Crippen molar-refractivity contribution in [2.75, 3.05) is 11.9 Å². The number of rotatable bonds is 5. The lowest BCUT2D eigenvalue weighted by atomic mass is 9.82. The Morgan fingerprint density at radius 1 is 1.26 bits per heavy atom. The summed E-state index contributed by atoms with van der Waals surface area (Å²) in [5, 5.41) is 12.8. The second-order valence-corrected chi connectivity index (χ2v) is 8.36. The van der Waals surface area contributed by atoms with Crippen molar-refractivity contribution in [1.29, 1.82) is 0 Å². The number of esters is 1. The fraction of sp³-hybridized carbons (Fsp3) is 0.550. The number of amides is 1. The maximum absolute atomic E-state index is 12.8. The Hall–Kier alpha value is -2.15. The van der Waals surface area contributed by atoms with Crippen LogP contribution in [0.2, 0.25) is 0 Å². The normalized spacial score (nSPS) is 24.1. The maximum Gasteiger partial charge on any atom is 0.341 e. The van der Waals surface area contributed by atoms with Crippen molar-refractivity contribution in [3.8, 4) is 0 Å². The number of anilines is 1. The fourth-order valence-corrected chi connectivity index (χ4v) is 5.24. The molecule has 0 bridgehead atoms. The Balaban J connectivity index is 1.89. The van der Waals surface area contributed by atoms with E-state index in [1.165, 1.54) is 11.3 Å². The van der Waals surface area contributed by atoms with Gasteiger partial charge in [0.15, 0.2) is 0 Å². The van der Waals surface area contributed by atoms with E-state index in [-0.39, 0.29) is 12.5 Å². The molecule has 2 aliphatic rings. The van der Waals surface area contributed by atoms with Gasteiger partial charge in [-0.2, -0.15) is 0 Å². The van der Waals surface area contributed by atoms with Crippen molar-refractivity contribution in [2.45, 2.75) is 46.0 Å². The van der Waals surface area contributed by atoms with Crippen LogP contribution in [0.3, 0.4) is 0 Å². The lowest BCUT2D eigenvalue weighted by molar-refractivity contribution is -0.146. The van der Waals surface area contributed by atoms with Crippen LogP contribution in [-0.4, -0.2) is 29.6 Å². The van der Waals surface area contributed by atoms with E-state index in [0.29, 0.717) is 29.3 Å². The van der Waals surface area contributed by atoms with Crippen LogP contribution in [0.25, 0.3) is 0 Å². The SMILES string of the molecule is CCOC(=O)c1c(NC(=O)[C@@H]2CC=CC[C@H]2C(=O)O)sc2c1CC[C@@H](C)C2. The van der Waals surface area contributed by atoms with Gasteiger partial charge < -0.3 is 15.2 Å². The molecule has 7 heteroatoms. The van der Waals surface area contributed by atoms with E-state index in [0.717, 1.165) is 29.7 Å². The van der Waals surface area contributed by atoms with Gasteiger partial charge in [0.05, 0.1) is 24.0 Å². The number of aliphatic carboxylic acids is 1. The second-order valence-electron chi connectivity index (χ2n) is 7.26. The van der Waals surface area contributed by atoms with E-state index in [2.05, 4.69) is 12.2 Å². The molecule has 0 saturated heterocycles. The van der Waals surface area contributed by atoms with Crippen molar-refractivity contribution in [2.24, 2.45) is 17.8 Å². The highest BCUT2D eigenvalue weighted by molar-refractivity contribution is 7.17. The van der Waals surface area contributed by atoms with Crippen LogP contribution in [0.5, 0.6) is 0 Å². The average molecular weight is 391 g/mol. The number of thiophene rings is 1. The zero-order chi connectivity index (χ0) is 19.6. The summed E-state index contributed by atoms with van der Waals surface area (Å²) in [6.45, 7) is 4.20. The third-order valence-corrected chi connectivity index (χ3v) is 6.48. The quantitative estimate of drug-likeness (QED) is 0.590. The van der Waals surface area contributed by atoms with Crippen molar-refractivity contribution in [1.82, 2.24) is 0 Å². The minimum absolute atomic E-state index is 0.266. The van der Waals surface area contributed by atoms with E-state index >= 15 is 0 Å². The zero-order valence-electron chi connectivity index (χ0n) is 15.6. The van der Waals surface area contributed by atoms with Gasteiger partial charge in [0.25, 0.3) is 0 Å². The summed E-state index contributed by atoms with van der Waals surface area (Å²) < 4.78 is 5.22. The summed E-state index contributed by atoms with van der Waals surface area (Å²) in [7, 11) is 0. The summed E-state index contributed by atoms with van der Waals surface area (Å²) in [6.07, 6.45) is 7.05. The molecule has 0 aliphatic heterocycles. The van der Waals surface area contributed by atoms with Crippen LogP contribution in [0, 0.1) is 17.8 Å². The average Bonchev–Trinajstić information content (AvgIpc) is 2.98. The molecule has 0 fully saturated rings. The second kappa shape index (κ2) is 8.25. The van der Waals surface area contributed by atoms with Gasteiger partial charge in [0, 0.05) is 4.88 Å². The number of allylic oxidation sites excluding steroid dienone is 2. The number of hydrogen-bond donors (Lipinski definition) is 2. The Morgan fingerprint density at radius 3 is 2.63 bits per heavy atom. The van der Waals surface area contributed by atoms with Gasteiger partial charge >= 0.3 is 11.9 Å². The van der Waals surface area contributed by atoms with Crippen LogP contribution in [0.1, 0.15) is 53.9 Å². The van der Waals surface area contributed by atoms with E-state index in [1.807, 2.05) is 6.08 Å². The molecule has 3 atom stereocenters. The number of carbonyl (C=O) groups is 3. The number of carbonyl (C=O) groups excluding carboxylic acids is 2. The first-order valence-electron chi connectivity index (χ1n) is 9.42. The Morgan fingerprint density at radius 2 is 1.96 bits per heavy atom. The highest BCUT2D eigenvalue weighted by Crippen LogP contribution is 2.40. The first-order valence-corrected chi connectivity index (χ1v) is 10.2. The molecule has 6 nitrogen and oxygen atoms in total. The molecule has 1 aromatic heterocycles. The van der Waals surface area contributed by atoms with Crippen molar-refractivity contribution in [3.05, 3.63) is 28.2 Å². The minimum atomic E-state index is -0.968. The predicted octanol–water partition coefficient (Wildman–Crippen LogP) is 3.66. The molecule has 2 aliphatic carbocycles. The Kier molecular flexibility index (Phi) is 5.99. The summed E-state index contributed by atoms with van der Waals surface area (Å²) in [4.78, 5) is 38.0. The van der Waals surface area contributed by atoms with E-state index in [9.17, 15) is 19.5 Å². The van der Waals surface area contributed by atoms with Crippen LogP contribution >= 0.6 is 11.3 Å². The molecule has 0 spiro atoms. The fourth-order valence-electron chi connectivity index (χ4n) is 3.84. The third kappa shape index (κ3) is 4.08. The topological polar surface area (TPSA) is 92.7 Å². The largest absolute Gasteiger partial charge is 0.481 e. The first-order chi connectivity index (χ1) is 12.9. The van der Waals surface area contributed by atoms with E-state index < -0.39 is 23.8 Å². The summed E-state index contributed by atoms with van der Waals surface area (Å²) in [5.41, 5.74) is 1.43. The molecule has 146 valence electrons. The molecular weight excluding hydrogens is 366 g/mol. The minimum Gasteiger partial charge on any atom is -0.481 e. The standard InChI is InChI=1S/C20H25NO5S/c1-3-26-20(25)16-14-9-8-11(2)10-15(14)27-18(16)21-17(22)12-6-4-5-7-13(12)19(23)24/h4-5,11-13H,3,6-10H2,1-2H3,(H,21,22)(H,23,24)/t11-,12-,13-/m1/s1. The molecule has 2 N–H and O–H groups in total. The van der Waals surface area contributed by atoms with Gasteiger partial charge in [0.1, 0.15) is 5.00 Å². The van der Waals surface area contributed by atoms with Crippen LogP contribution in [0.4, 0.5) is 5.00 Å². The maximum atomic E-state index is 12.8. The third-order valence-electron chi connectivity index (χ3n) is 5.31. The van der Waals surface area contributed by atoms with Gasteiger partial charge in [0.2, 0.25) is 5.91 Å². The highest BCUT2D eigenvalue weighted by Gasteiger charge is 2.36. The van der Waals surface area contributed by atoms with E-state index in [4.69, 9.17) is 4.74 Å². The number of carboxylic acids is 1. The summed E-state index contributed by atoms with van der Waals surface area (Å²) in [5.74, 6) is -2.57. The van der Waals surface area contributed by atoms with Crippen LogP contribution < -0.4 is 5.32 Å². The van der Waals surface area contributed by atoms with Gasteiger partial charge in [-0.25, -0.2) is 4.79 Å². The van der Waals surface area contributed by atoms with Crippen molar-refractivity contribution < 1.29 is 24.2 Å². The van der Waals surface area contributed by atoms with Crippen LogP contribution in [-0.2, 0) is 27.2 Å². The highest BCUT2D eigenvalue weighted by atomic mass is 32.1. The number of carboxylic acid groups (broad SMARTS) is 1. The number of hydrogen-bond acceptors (Lipinski definition) is 5. The molecule has 3 rings (SSSR count). The van der Waals surface area contributed by atoms with Crippen molar-refractivity contribution >= 4 is 34.2 Å². The molecular formula is C20H25NO5S. The monoisotopic (exact) mass is 391 g/mol. The van der Waals surface area contributed by atoms with Gasteiger partial charge in [-0.05, 0) is 50.5 Å². The zero-order valence-corrected chi connectivity index (χ0v) is 16.4. The summed E-state index contributed by atoms with van der Waals surface area (Å²) in [6, 6.07) is 0. The van der Waals surface area contributed by atoms with Gasteiger partial charge in [-0.3, -0.25) is 9.59 Å². The molecule has 27 heavy (non-hydrogen) atoms. The Labute approximate surface area is 162 Å². The molecule has 1 amide bonds. The molecule has 0 aromatic carbocycles. The van der Waals surface area contributed by atoms with Crippen LogP contribution in [0.15, 0.2) is 12.2 Å². The predicted molar refractivity (Wildman–Crippen MR) is 103 cm³/mol. The summed E-state index contributed by atoms with van der Waals surface area (Å²) >= 11 is 1.42. The molecule has 0 saturated carbocycles. The van der Waals surface area contributed by atoms with Gasteiger partial charge in [-0.15, -0.1) is 11.3 Å².